The van der Waals surface area contributed by atoms with E-state index in [1.165, 1.54) is 5.56 Å². The lowest BCUT2D eigenvalue weighted by Crippen LogP contribution is -2.26. The Bertz CT molecular complexity index is 514. The molecule has 4 nitrogen and oxygen atoms in total. The number of aryl methyl sites for hydroxylation is 1. The van der Waals surface area contributed by atoms with Gasteiger partial charge in [-0.2, -0.15) is 0 Å². The van der Waals surface area contributed by atoms with Crippen LogP contribution in [0.3, 0.4) is 0 Å². The topological polar surface area (TPSA) is 68.4 Å². The largest absolute Gasteiger partial charge is 0.439 e. The molecule has 0 aliphatic rings. The monoisotopic (exact) mass is 294 g/mol. The van der Waals surface area contributed by atoms with Crippen LogP contribution in [0.4, 0.5) is 0 Å². The van der Waals surface area contributed by atoms with Gasteiger partial charge in [-0.1, -0.05) is 23.8 Å². The smallest absolute Gasteiger partial charge is 0.219 e. The summed E-state index contributed by atoms with van der Waals surface area (Å²) in [5, 5.41) is 8.90. The Morgan fingerprint density at radius 3 is 2.45 bits per heavy atom. The zero-order chi connectivity index (χ0) is 13.7. The highest BCUT2D eigenvalue weighted by molar-refractivity contribution is 5.85. The number of hydrogen-bond acceptors (Lipinski definition) is 4. The molecule has 0 spiro atoms. The van der Waals surface area contributed by atoms with Gasteiger partial charge < -0.3 is 15.6 Å². The van der Waals surface area contributed by atoms with Crippen molar-refractivity contribution in [2.24, 2.45) is 5.73 Å². The molecule has 0 bridgehead atoms. The van der Waals surface area contributed by atoms with Crippen LogP contribution in [0.25, 0.3) is 0 Å². The molecule has 1 unspecified atom stereocenters. The van der Waals surface area contributed by atoms with Crippen molar-refractivity contribution in [1.82, 2.24) is 4.98 Å². The molecule has 108 valence electrons. The quantitative estimate of drug-likeness (QED) is 0.889. The standard InChI is InChI=1S/C15H18N2O2.ClH/c1-11-2-5-14(6-3-11)19-15-7-4-12(9-17-15)8-13(16)10-18;/h2-7,9,13,18H,8,10,16H2,1H3;1H. The van der Waals surface area contributed by atoms with E-state index in [1.54, 1.807) is 12.3 Å². The summed E-state index contributed by atoms with van der Waals surface area (Å²) in [6.07, 6.45) is 2.33. The van der Waals surface area contributed by atoms with Crippen molar-refractivity contribution in [2.45, 2.75) is 19.4 Å². The third-order valence-electron chi connectivity index (χ3n) is 2.77. The van der Waals surface area contributed by atoms with Crippen LogP contribution in [0.5, 0.6) is 11.6 Å². The van der Waals surface area contributed by atoms with Crippen LogP contribution in [-0.4, -0.2) is 22.7 Å². The van der Waals surface area contributed by atoms with Gasteiger partial charge in [-0.3, -0.25) is 0 Å². The Morgan fingerprint density at radius 1 is 1.20 bits per heavy atom. The van der Waals surface area contributed by atoms with E-state index in [0.29, 0.717) is 12.3 Å². The average molecular weight is 295 g/mol. The van der Waals surface area contributed by atoms with E-state index in [-0.39, 0.29) is 25.1 Å². The van der Waals surface area contributed by atoms with Crippen LogP contribution < -0.4 is 10.5 Å². The summed E-state index contributed by atoms with van der Waals surface area (Å²) in [6, 6.07) is 11.3. The van der Waals surface area contributed by atoms with Crippen LogP contribution in [0, 0.1) is 6.92 Å². The fourth-order valence-corrected chi connectivity index (χ4v) is 1.69. The molecule has 5 heteroatoms. The second kappa shape index (κ2) is 7.85. The molecule has 1 atom stereocenters. The van der Waals surface area contributed by atoms with Gasteiger partial charge in [-0.25, -0.2) is 4.98 Å². The number of hydrogen-bond donors (Lipinski definition) is 2. The van der Waals surface area contributed by atoms with Crippen molar-refractivity contribution in [3.05, 3.63) is 53.7 Å². The normalized spacial score (nSPS) is 11.6. The molecule has 0 saturated carbocycles. The van der Waals surface area contributed by atoms with Crippen molar-refractivity contribution in [1.29, 1.82) is 0 Å². The van der Waals surface area contributed by atoms with E-state index in [0.717, 1.165) is 11.3 Å². The molecule has 2 rings (SSSR count). The van der Waals surface area contributed by atoms with Crippen molar-refractivity contribution >= 4 is 12.4 Å². The predicted octanol–water partition coefficient (Wildman–Crippen LogP) is 2.47. The zero-order valence-electron chi connectivity index (χ0n) is 11.3. The van der Waals surface area contributed by atoms with Crippen molar-refractivity contribution < 1.29 is 9.84 Å². The summed E-state index contributed by atoms with van der Waals surface area (Å²) >= 11 is 0. The Balaban J connectivity index is 0.00000200. The third-order valence-corrected chi connectivity index (χ3v) is 2.77. The minimum Gasteiger partial charge on any atom is -0.439 e. The molecule has 1 heterocycles. The molecular formula is C15H19ClN2O2. The van der Waals surface area contributed by atoms with E-state index in [9.17, 15) is 0 Å². The molecule has 0 aliphatic carbocycles. The number of nitrogens with two attached hydrogens (primary N) is 1. The fourth-order valence-electron chi connectivity index (χ4n) is 1.69. The van der Waals surface area contributed by atoms with Crippen LogP contribution in [0.1, 0.15) is 11.1 Å². The Labute approximate surface area is 125 Å². The molecule has 0 radical (unpaired) electrons. The van der Waals surface area contributed by atoms with Crippen LogP contribution in [-0.2, 0) is 6.42 Å². The first-order chi connectivity index (χ1) is 9.17. The lowest BCUT2D eigenvalue weighted by molar-refractivity contribution is 0.265. The molecule has 3 N–H and O–H groups in total. The highest BCUT2D eigenvalue weighted by Gasteiger charge is 2.04. The number of rotatable bonds is 5. The van der Waals surface area contributed by atoms with Crippen LogP contribution in [0.2, 0.25) is 0 Å². The van der Waals surface area contributed by atoms with Crippen molar-refractivity contribution in [3.8, 4) is 11.6 Å². The molecule has 0 amide bonds. The summed E-state index contributed by atoms with van der Waals surface area (Å²) in [7, 11) is 0. The number of pyridine rings is 1. The summed E-state index contributed by atoms with van der Waals surface area (Å²) in [6.45, 7) is 2.00. The number of aliphatic hydroxyl groups is 1. The Hall–Kier alpha value is -1.62. The Kier molecular flexibility index (Phi) is 6.45. The maximum Gasteiger partial charge on any atom is 0.219 e. The minimum atomic E-state index is -0.245. The minimum absolute atomic E-state index is 0. The summed E-state index contributed by atoms with van der Waals surface area (Å²) in [5.41, 5.74) is 7.84. The molecule has 20 heavy (non-hydrogen) atoms. The summed E-state index contributed by atoms with van der Waals surface area (Å²) in [4.78, 5) is 4.22. The molecule has 1 aromatic heterocycles. The van der Waals surface area contributed by atoms with Gasteiger partial charge in [0.25, 0.3) is 0 Å². The number of aromatic nitrogens is 1. The number of aliphatic hydroxyl groups excluding tert-OH is 1. The number of ether oxygens (including phenoxy) is 1. The molecule has 0 fully saturated rings. The predicted molar refractivity (Wildman–Crippen MR) is 81.5 cm³/mol. The van der Waals surface area contributed by atoms with Crippen molar-refractivity contribution in [3.63, 3.8) is 0 Å². The van der Waals surface area contributed by atoms with Gasteiger partial charge in [0.1, 0.15) is 5.75 Å². The zero-order valence-corrected chi connectivity index (χ0v) is 12.1. The molecule has 0 saturated heterocycles. The number of nitrogens with zero attached hydrogens (tertiary/aromatic N) is 1. The van der Waals surface area contributed by atoms with Gasteiger partial charge in [0.15, 0.2) is 0 Å². The third kappa shape index (κ3) is 4.81. The second-order valence-electron chi connectivity index (χ2n) is 4.57. The van der Waals surface area contributed by atoms with Gasteiger partial charge in [-0.05, 0) is 31.0 Å². The van der Waals surface area contributed by atoms with E-state index < -0.39 is 0 Å². The number of benzene rings is 1. The van der Waals surface area contributed by atoms with Gasteiger partial charge in [0, 0.05) is 18.3 Å². The molecule has 2 aromatic rings. The lowest BCUT2D eigenvalue weighted by Gasteiger charge is -2.09. The van der Waals surface area contributed by atoms with E-state index in [1.807, 2.05) is 37.3 Å². The fraction of sp³-hybridized carbons (Fsp3) is 0.267. The molecular weight excluding hydrogens is 276 g/mol. The van der Waals surface area contributed by atoms with Crippen LogP contribution in [0.15, 0.2) is 42.6 Å². The highest BCUT2D eigenvalue weighted by atomic mass is 35.5. The average Bonchev–Trinajstić information content (AvgIpc) is 2.43. The number of halogens is 1. The van der Waals surface area contributed by atoms with Gasteiger partial charge >= 0.3 is 0 Å². The summed E-state index contributed by atoms with van der Waals surface area (Å²) in [5.74, 6) is 1.31. The first-order valence-corrected chi connectivity index (χ1v) is 6.23. The molecule has 1 aromatic carbocycles. The summed E-state index contributed by atoms with van der Waals surface area (Å²) < 4.78 is 5.63. The van der Waals surface area contributed by atoms with E-state index in [4.69, 9.17) is 15.6 Å². The van der Waals surface area contributed by atoms with Gasteiger partial charge in [0.05, 0.1) is 6.61 Å². The SMILES string of the molecule is Cc1ccc(Oc2ccc(CC(N)CO)cn2)cc1.Cl. The van der Waals surface area contributed by atoms with Gasteiger partial charge in [0.2, 0.25) is 5.88 Å². The second-order valence-corrected chi connectivity index (χ2v) is 4.57. The Morgan fingerprint density at radius 2 is 1.90 bits per heavy atom. The molecule has 0 aliphatic heterocycles. The van der Waals surface area contributed by atoms with E-state index in [2.05, 4.69) is 4.98 Å². The maximum atomic E-state index is 8.90. The first-order valence-electron chi connectivity index (χ1n) is 6.23. The van der Waals surface area contributed by atoms with Crippen LogP contribution >= 0.6 is 12.4 Å². The maximum absolute atomic E-state index is 8.90. The first kappa shape index (κ1) is 16.4. The highest BCUT2D eigenvalue weighted by Crippen LogP contribution is 2.19. The van der Waals surface area contributed by atoms with Gasteiger partial charge in [-0.15, -0.1) is 12.4 Å². The van der Waals surface area contributed by atoms with E-state index >= 15 is 0 Å². The lowest BCUT2D eigenvalue weighted by atomic mass is 10.1. The van der Waals surface area contributed by atoms with Crippen molar-refractivity contribution in [2.75, 3.05) is 6.61 Å².